The van der Waals surface area contributed by atoms with E-state index in [2.05, 4.69) is 20.9 Å². The minimum absolute atomic E-state index is 0.123. The van der Waals surface area contributed by atoms with Crippen molar-refractivity contribution < 1.29 is 4.74 Å². The Bertz CT molecular complexity index is 321. The molecule has 76 valence electrons. The molecule has 2 heterocycles. The van der Waals surface area contributed by atoms with Crippen LogP contribution < -0.4 is 0 Å². The second-order valence-electron chi connectivity index (χ2n) is 3.43. The lowest BCUT2D eigenvalue weighted by Gasteiger charge is -2.16. The monoisotopic (exact) mass is 275 g/mol. The fourth-order valence-electron chi connectivity index (χ4n) is 1.74. The van der Waals surface area contributed by atoms with Gasteiger partial charge in [0.25, 0.3) is 0 Å². The van der Waals surface area contributed by atoms with Gasteiger partial charge in [-0.1, -0.05) is 0 Å². The summed E-state index contributed by atoms with van der Waals surface area (Å²) in [5.41, 5.74) is 1.11. The Morgan fingerprint density at radius 2 is 2.43 bits per heavy atom. The third-order valence-electron chi connectivity index (χ3n) is 2.47. The molecular formula is C10H11BrClNO. The fourth-order valence-corrected chi connectivity index (χ4v) is 2.44. The Morgan fingerprint density at radius 3 is 3.14 bits per heavy atom. The van der Waals surface area contributed by atoms with Gasteiger partial charge in [-0.25, -0.2) is 0 Å². The van der Waals surface area contributed by atoms with Crippen molar-refractivity contribution in [3.8, 4) is 0 Å². The maximum atomic E-state index is 5.88. The molecule has 0 bridgehead atoms. The molecule has 0 saturated carbocycles. The van der Waals surface area contributed by atoms with Gasteiger partial charge in [0.15, 0.2) is 0 Å². The molecule has 0 aliphatic carbocycles. The Hall–Kier alpha value is -0.120. The van der Waals surface area contributed by atoms with Gasteiger partial charge in [0.2, 0.25) is 0 Å². The van der Waals surface area contributed by atoms with Crippen LogP contribution in [0, 0.1) is 5.92 Å². The smallest absolute Gasteiger partial charge is 0.0880 e. The first-order valence-electron chi connectivity index (χ1n) is 4.59. The highest BCUT2D eigenvalue weighted by molar-refractivity contribution is 9.10. The molecule has 1 saturated heterocycles. The maximum Gasteiger partial charge on any atom is 0.0880 e. The van der Waals surface area contributed by atoms with Crippen molar-refractivity contribution in [2.24, 2.45) is 5.92 Å². The van der Waals surface area contributed by atoms with Crippen molar-refractivity contribution in [1.29, 1.82) is 0 Å². The molecular weight excluding hydrogens is 265 g/mol. The molecule has 0 aromatic carbocycles. The number of nitrogens with zero attached hydrogens (tertiary/aromatic N) is 1. The van der Waals surface area contributed by atoms with Crippen LogP contribution in [0.25, 0.3) is 0 Å². The maximum absolute atomic E-state index is 5.88. The second kappa shape index (κ2) is 4.60. The molecule has 1 aliphatic heterocycles. The highest BCUT2D eigenvalue weighted by Gasteiger charge is 2.29. The number of hydrogen-bond acceptors (Lipinski definition) is 2. The van der Waals surface area contributed by atoms with Gasteiger partial charge in [-0.15, -0.1) is 11.6 Å². The normalized spacial score (nSPS) is 26.7. The molecule has 0 spiro atoms. The van der Waals surface area contributed by atoms with E-state index >= 15 is 0 Å². The summed E-state index contributed by atoms with van der Waals surface area (Å²) in [5.74, 6) is 1.07. The summed E-state index contributed by atoms with van der Waals surface area (Å²) in [6, 6.07) is 2.04. The van der Waals surface area contributed by atoms with E-state index in [1.54, 1.807) is 6.20 Å². The average molecular weight is 277 g/mol. The lowest BCUT2D eigenvalue weighted by molar-refractivity contribution is 0.0948. The van der Waals surface area contributed by atoms with Crippen molar-refractivity contribution in [2.75, 3.05) is 12.5 Å². The van der Waals surface area contributed by atoms with Crippen LogP contribution in [0.4, 0.5) is 0 Å². The summed E-state index contributed by atoms with van der Waals surface area (Å²) in [6.45, 7) is 0.800. The highest BCUT2D eigenvalue weighted by atomic mass is 79.9. The van der Waals surface area contributed by atoms with Crippen molar-refractivity contribution in [2.45, 2.75) is 12.5 Å². The lowest BCUT2D eigenvalue weighted by atomic mass is 9.98. The van der Waals surface area contributed by atoms with Gasteiger partial charge in [-0.2, -0.15) is 0 Å². The summed E-state index contributed by atoms with van der Waals surface area (Å²) in [5, 5.41) is 0. The minimum Gasteiger partial charge on any atom is -0.373 e. The van der Waals surface area contributed by atoms with Crippen LogP contribution >= 0.6 is 27.5 Å². The van der Waals surface area contributed by atoms with Crippen LogP contribution in [0.1, 0.15) is 18.1 Å². The molecule has 2 atom stereocenters. The summed E-state index contributed by atoms with van der Waals surface area (Å²) in [4.78, 5) is 4.13. The standard InChI is InChI=1S/C10H11BrClNO/c11-9-3-8(5-13-6-9)10-7(4-12)1-2-14-10/h3,5-7,10H,1-2,4H2. The molecule has 2 rings (SSSR count). The first-order chi connectivity index (χ1) is 6.81. The Labute approximate surface area is 96.8 Å². The van der Waals surface area contributed by atoms with Crippen LogP contribution in [0.3, 0.4) is 0 Å². The number of halogens is 2. The summed E-state index contributed by atoms with van der Waals surface area (Å²) in [6.07, 6.45) is 4.78. The number of alkyl halides is 1. The van der Waals surface area contributed by atoms with Gasteiger partial charge in [-0.05, 0) is 28.4 Å². The van der Waals surface area contributed by atoms with E-state index in [0.29, 0.717) is 11.8 Å². The number of aromatic nitrogens is 1. The van der Waals surface area contributed by atoms with Gasteiger partial charge < -0.3 is 4.74 Å². The van der Waals surface area contributed by atoms with Crippen LogP contribution in [-0.2, 0) is 4.74 Å². The molecule has 1 aliphatic rings. The van der Waals surface area contributed by atoms with Crippen molar-refractivity contribution in [1.82, 2.24) is 4.98 Å². The molecule has 14 heavy (non-hydrogen) atoms. The molecule has 0 radical (unpaired) electrons. The Kier molecular flexibility index (Phi) is 3.42. The van der Waals surface area contributed by atoms with Gasteiger partial charge in [0.05, 0.1) is 6.10 Å². The minimum atomic E-state index is 0.123. The van der Waals surface area contributed by atoms with Crippen LogP contribution in [0.5, 0.6) is 0 Å². The Balaban J connectivity index is 2.21. The quantitative estimate of drug-likeness (QED) is 0.774. The largest absolute Gasteiger partial charge is 0.373 e. The predicted molar refractivity (Wildman–Crippen MR) is 59.5 cm³/mol. The van der Waals surface area contributed by atoms with Gasteiger partial charge in [0, 0.05) is 40.8 Å². The average Bonchev–Trinajstić information content (AvgIpc) is 2.65. The van der Waals surface area contributed by atoms with Gasteiger partial charge in [0.1, 0.15) is 0 Å². The van der Waals surface area contributed by atoms with Crippen molar-refractivity contribution in [3.05, 3.63) is 28.5 Å². The molecule has 4 heteroatoms. The number of ether oxygens (including phenoxy) is 1. The third-order valence-corrected chi connectivity index (χ3v) is 3.30. The van der Waals surface area contributed by atoms with Crippen LogP contribution in [-0.4, -0.2) is 17.5 Å². The van der Waals surface area contributed by atoms with E-state index in [-0.39, 0.29) is 6.10 Å². The summed E-state index contributed by atoms with van der Waals surface area (Å²) >= 11 is 9.28. The SMILES string of the molecule is ClCC1CCOC1c1cncc(Br)c1. The molecule has 0 N–H and O–H groups in total. The van der Waals surface area contributed by atoms with Crippen LogP contribution in [0.2, 0.25) is 0 Å². The summed E-state index contributed by atoms with van der Waals surface area (Å²) < 4.78 is 6.64. The van der Waals surface area contributed by atoms with Crippen molar-refractivity contribution >= 4 is 27.5 Å². The molecule has 0 amide bonds. The van der Waals surface area contributed by atoms with E-state index in [0.717, 1.165) is 23.1 Å². The molecule has 2 unspecified atom stereocenters. The molecule has 1 aromatic rings. The van der Waals surface area contributed by atoms with Gasteiger partial charge in [-0.3, -0.25) is 4.98 Å². The number of pyridine rings is 1. The highest BCUT2D eigenvalue weighted by Crippen LogP contribution is 2.35. The number of rotatable bonds is 2. The van der Waals surface area contributed by atoms with Gasteiger partial charge >= 0.3 is 0 Å². The Morgan fingerprint density at radius 1 is 1.57 bits per heavy atom. The van der Waals surface area contributed by atoms with E-state index in [4.69, 9.17) is 16.3 Å². The fraction of sp³-hybridized carbons (Fsp3) is 0.500. The van der Waals surface area contributed by atoms with Crippen LogP contribution in [0.15, 0.2) is 22.9 Å². The topological polar surface area (TPSA) is 22.1 Å². The third kappa shape index (κ3) is 2.10. The first kappa shape index (κ1) is 10.4. The van der Waals surface area contributed by atoms with E-state index < -0.39 is 0 Å². The zero-order chi connectivity index (χ0) is 9.97. The molecule has 1 fully saturated rings. The molecule has 2 nitrogen and oxygen atoms in total. The summed E-state index contributed by atoms with van der Waals surface area (Å²) in [7, 11) is 0. The van der Waals surface area contributed by atoms with E-state index in [1.807, 2.05) is 12.3 Å². The van der Waals surface area contributed by atoms with E-state index in [1.165, 1.54) is 0 Å². The zero-order valence-corrected chi connectivity index (χ0v) is 9.96. The van der Waals surface area contributed by atoms with Crippen molar-refractivity contribution in [3.63, 3.8) is 0 Å². The number of hydrogen-bond donors (Lipinski definition) is 0. The lowest BCUT2D eigenvalue weighted by Crippen LogP contribution is -2.09. The van der Waals surface area contributed by atoms with E-state index in [9.17, 15) is 0 Å². The first-order valence-corrected chi connectivity index (χ1v) is 5.92. The predicted octanol–water partition coefficient (Wildman–Crippen LogP) is 3.16. The zero-order valence-electron chi connectivity index (χ0n) is 7.62. The second-order valence-corrected chi connectivity index (χ2v) is 4.66. The molecule has 1 aromatic heterocycles.